The van der Waals surface area contributed by atoms with E-state index in [9.17, 15) is 9.90 Å². The molecule has 0 spiro atoms. The van der Waals surface area contributed by atoms with Crippen molar-refractivity contribution in [3.8, 4) is 5.75 Å². The van der Waals surface area contributed by atoms with E-state index in [0.29, 0.717) is 0 Å². The van der Waals surface area contributed by atoms with Gasteiger partial charge in [0, 0.05) is 11.0 Å². The standard InChI is InChI=1S/C18H21NO3S/c1-13(14-6-4-7-15(11-14)22-3)10-17(20)19-12-18(2,21)16-8-5-9-23-16/h4-11,21H,12H2,1-3H3,(H,19,20). The fraction of sp³-hybridized carbons (Fsp3) is 0.278. The van der Waals surface area contributed by atoms with Crippen LogP contribution >= 0.6 is 11.3 Å². The number of methoxy groups -OCH3 is 1. The zero-order chi connectivity index (χ0) is 16.9. The predicted molar refractivity (Wildman–Crippen MR) is 93.5 cm³/mol. The van der Waals surface area contributed by atoms with Crippen molar-refractivity contribution < 1.29 is 14.6 Å². The first-order valence-electron chi connectivity index (χ1n) is 7.29. The van der Waals surface area contributed by atoms with Gasteiger partial charge in [-0.25, -0.2) is 0 Å². The van der Waals surface area contributed by atoms with Crippen molar-refractivity contribution >= 4 is 22.8 Å². The molecular weight excluding hydrogens is 310 g/mol. The fourth-order valence-corrected chi connectivity index (χ4v) is 2.92. The van der Waals surface area contributed by atoms with E-state index in [1.165, 1.54) is 17.4 Å². The Bertz CT molecular complexity index is 690. The van der Waals surface area contributed by atoms with Crippen LogP contribution in [0, 0.1) is 0 Å². The average molecular weight is 331 g/mol. The Labute approximate surface area is 140 Å². The highest BCUT2D eigenvalue weighted by molar-refractivity contribution is 7.10. The first-order chi connectivity index (χ1) is 10.9. The summed E-state index contributed by atoms with van der Waals surface area (Å²) in [7, 11) is 1.61. The summed E-state index contributed by atoms with van der Waals surface area (Å²) in [6, 6.07) is 11.3. The van der Waals surface area contributed by atoms with E-state index in [4.69, 9.17) is 4.74 Å². The topological polar surface area (TPSA) is 58.6 Å². The first kappa shape index (κ1) is 17.2. The van der Waals surface area contributed by atoms with Crippen molar-refractivity contribution in [1.82, 2.24) is 5.32 Å². The van der Waals surface area contributed by atoms with E-state index in [1.807, 2.05) is 48.7 Å². The number of rotatable bonds is 6. The average Bonchev–Trinajstić information content (AvgIpc) is 3.08. The number of nitrogens with one attached hydrogen (secondary N) is 1. The molecule has 2 aromatic rings. The SMILES string of the molecule is COc1cccc(C(C)=CC(=O)NCC(C)(O)c2cccs2)c1. The van der Waals surface area contributed by atoms with E-state index in [2.05, 4.69) is 5.32 Å². The minimum atomic E-state index is -1.07. The highest BCUT2D eigenvalue weighted by atomic mass is 32.1. The van der Waals surface area contributed by atoms with Crippen molar-refractivity contribution in [2.75, 3.05) is 13.7 Å². The van der Waals surface area contributed by atoms with Crippen LogP contribution in [0.2, 0.25) is 0 Å². The van der Waals surface area contributed by atoms with Gasteiger partial charge in [0.1, 0.15) is 11.4 Å². The third kappa shape index (κ3) is 4.68. The van der Waals surface area contributed by atoms with Crippen LogP contribution in [0.3, 0.4) is 0 Å². The fourth-order valence-electron chi connectivity index (χ4n) is 2.13. The zero-order valence-corrected chi connectivity index (χ0v) is 14.3. The molecule has 2 rings (SSSR count). The summed E-state index contributed by atoms with van der Waals surface area (Å²) in [6.45, 7) is 3.72. The predicted octanol–water partition coefficient (Wildman–Crippen LogP) is 3.18. The van der Waals surface area contributed by atoms with Gasteiger partial charge in [-0.15, -0.1) is 11.3 Å². The van der Waals surface area contributed by atoms with Crippen LogP contribution < -0.4 is 10.1 Å². The van der Waals surface area contributed by atoms with Crippen LogP contribution in [0.5, 0.6) is 5.75 Å². The minimum absolute atomic E-state index is 0.161. The molecule has 0 fully saturated rings. The Morgan fingerprint density at radius 3 is 2.83 bits per heavy atom. The lowest BCUT2D eigenvalue weighted by atomic mass is 10.0. The largest absolute Gasteiger partial charge is 0.497 e. The summed E-state index contributed by atoms with van der Waals surface area (Å²) in [4.78, 5) is 12.9. The molecule has 0 aliphatic heterocycles. The summed E-state index contributed by atoms with van der Waals surface area (Å²) >= 11 is 1.47. The van der Waals surface area contributed by atoms with E-state index in [0.717, 1.165) is 21.8 Å². The molecule has 4 nitrogen and oxygen atoms in total. The number of hydrogen-bond donors (Lipinski definition) is 2. The number of ether oxygens (including phenoxy) is 1. The third-order valence-electron chi connectivity index (χ3n) is 3.53. The van der Waals surface area contributed by atoms with Crippen molar-refractivity contribution in [2.45, 2.75) is 19.4 Å². The molecule has 0 aliphatic rings. The van der Waals surface area contributed by atoms with Gasteiger partial charge in [-0.1, -0.05) is 18.2 Å². The molecule has 23 heavy (non-hydrogen) atoms. The second-order valence-corrected chi connectivity index (χ2v) is 6.48. The van der Waals surface area contributed by atoms with Crippen LogP contribution in [-0.4, -0.2) is 24.7 Å². The lowest BCUT2D eigenvalue weighted by Crippen LogP contribution is -2.37. The summed E-state index contributed by atoms with van der Waals surface area (Å²) in [5.41, 5.74) is 0.684. The molecule has 0 radical (unpaired) electrons. The van der Waals surface area contributed by atoms with Gasteiger partial charge in [-0.05, 0) is 48.6 Å². The number of thiophene rings is 1. The number of benzene rings is 1. The smallest absolute Gasteiger partial charge is 0.244 e. The number of hydrogen-bond acceptors (Lipinski definition) is 4. The molecule has 1 aromatic carbocycles. The maximum atomic E-state index is 12.1. The Hall–Kier alpha value is -2.11. The second-order valence-electron chi connectivity index (χ2n) is 5.53. The number of amides is 1. The molecule has 5 heteroatoms. The molecule has 1 unspecified atom stereocenters. The van der Waals surface area contributed by atoms with Gasteiger partial charge in [0.15, 0.2) is 0 Å². The number of allylic oxidation sites excluding steroid dienone is 1. The first-order valence-corrected chi connectivity index (χ1v) is 8.17. The summed E-state index contributed by atoms with van der Waals surface area (Å²) in [6.07, 6.45) is 1.53. The molecule has 2 N–H and O–H groups in total. The van der Waals surface area contributed by atoms with Crippen LogP contribution in [0.15, 0.2) is 47.9 Å². The van der Waals surface area contributed by atoms with Crippen molar-refractivity contribution in [2.24, 2.45) is 0 Å². The van der Waals surface area contributed by atoms with Gasteiger partial charge in [-0.2, -0.15) is 0 Å². The molecule has 0 bridgehead atoms. The van der Waals surface area contributed by atoms with Gasteiger partial charge >= 0.3 is 0 Å². The highest BCUT2D eigenvalue weighted by Gasteiger charge is 2.24. The molecule has 0 saturated heterocycles. The highest BCUT2D eigenvalue weighted by Crippen LogP contribution is 2.24. The van der Waals surface area contributed by atoms with E-state index < -0.39 is 5.60 Å². The lowest BCUT2D eigenvalue weighted by molar-refractivity contribution is -0.117. The Morgan fingerprint density at radius 1 is 1.39 bits per heavy atom. The van der Waals surface area contributed by atoms with E-state index in [-0.39, 0.29) is 12.5 Å². The number of carbonyl (C=O) groups excluding carboxylic acids is 1. The molecule has 122 valence electrons. The van der Waals surface area contributed by atoms with Crippen molar-refractivity contribution in [1.29, 1.82) is 0 Å². The maximum absolute atomic E-state index is 12.1. The number of carbonyl (C=O) groups is 1. The van der Waals surface area contributed by atoms with Gasteiger partial charge in [0.05, 0.1) is 13.7 Å². The molecule has 1 heterocycles. The molecule has 0 saturated carbocycles. The van der Waals surface area contributed by atoms with Crippen molar-refractivity contribution in [3.63, 3.8) is 0 Å². The monoisotopic (exact) mass is 331 g/mol. The van der Waals surface area contributed by atoms with Crippen LogP contribution in [0.25, 0.3) is 5.57 Å². The molecule has 1 aromatic heterocycles. The maximum Gasteiger partial charge on any atom is 0.244 e. The van der Waals surface area contributed by atoms with Gasteiger partial charge in [0.2, 0.25) is 5.91 Å². The molecular formula is C18H21NO3S. The van der Waals surface area contributed by atoms with Crippen LogP contribution in [0.1, 0.15) is 24.3 Å². The summed E-state index contributed by atoms with van der Waals surface area (Å²) in [5, 5.41) is 15.1. The Balaban J connectivity index is 2.00. The van der Waals surface area contributed by atoms with E-state index >= 15 is 0 Å². The molecule has 1 amide bonds. The lowest BCUT2D eigenvalue weighted by Gasteiger charge is -2.21. The molecule has 0 aliphatic carbocycles. The summed E-state index contributed by atoms with van der Waals surface area (Å²) in [5.74, 6) is 0.512. The zero-order valence-electron chi connectivity index (χ0n) is 13.5. The second kappa shape index (κ2) is 7.44. The van der Waals surface area contributed by atoms with Gasteiger partial charge < -0.3 is 15.2 Å². The van der Waals surface area contributed by atoms with Gasteiger partial charge in [0.25, 0.3) is 0 Å². The Morgan fingerprint density at radius 2 is 2.17 bits per heavy atom. The normalized spacial score (nSPS) is 14.2. The van der Waals surface area contributed by atoms with Crippen molar-refractivity contribution in [3.05, 3.63) is 58.3 Å². The minimum Gasteiger partial charge on any atom is -0.497 e. The van der Waals surface area contributed by atoms with Crippen LogP contribution in [-0.2, 0) is 10.4 Å². The number of aliphatic hydroxyl groups is 1. The molecule has 1 atom stereocenters. The van der Waals surface area contributed by atoms with Gasteiger partial charge in [-0.3, -0.25) is 4.79 Å². The summed E-state index contributed by atoms with van der Waals surface area (Å²) < 4.78 is 5.18. The van der Waals surface area contributed by atoms with Crippen LogP contribution in [0.4, 0.5) is 0 Å². The van der Waals surface area contributed by atoms with E-state index in [1.54, 1.807) is 14.0 Å². The third-order valence-corrected chi connectivity index (χ3v) is 4.65. The quantitative estimate of drug-likeness (QED) is 0.799. The Kier molecular flexibility index (Phi) is 5.58.